The smallest absolute Gasteiger partial charge is 0.0945 e. The van der Waals surface area contributed by atoms with Gasteiger partial charge in [-0.15, -0.1) is 0 Å². The molecule has 0 aromatic carbocycles. The van der Waals surface area contributed by atoms with E-state index < -0.39 is 10.1 Å². The van der Waals surface area contributed by atoms with Crippen LogP contribution in [0.2, 0.25) is 0 Å². The second-order valence-corrected chi connectivity index (χ2v) is 3.49. The molecule has 4 nitrogen and oxygen atoms in total. The van der Waals surface area contributed by atoms with E-state index in [-0.39, 0.29) is 5.75 Å². The third-order valence-corrected chi connectivity index (χ3v) is 1.78. The molecule has 0 aliphatic carbocycles. The minimum absolute atomic E-state index is 0.281. The zero-order valence-corrected chi connectivity index (χ0v) is 6.69. The van der Waals surface area contributed by atoms with Crippen LogP contribution in [0.1, 0.15) is 12.8 Å². The van der Waals surface area contributed by atoms with Gasteiger partial charge in [-0.1, -0.05) is 0 Å². The summed E-state index contributed by atoms with van der Waals surface area (Å²) < 4.78 is 34.7. The average molecular weight is 167 g/mol. The summed E-state index contributed by atoms with van der Waals surface area (Å²) in [4.78, 5) is 0. The summed E-state index contributed by atoms with van der Waals surface area (Å²) in [5.74, 6) is -0.281. The van der Waals surface area contributed by atoms with E-state index in [9.17, 15) is 13.0 Å². The molecule has 0 aliphatic heterocycles. The van der Waals surface area contributed by atoms with E-state index >= 15 is 0 Å². The molecule has 0 radical (unpaired) electrons. The predicted molar refractivity (Wildman–Crippen MR) is 35.7 cm³/mol. The maximum absolute atomic E-state index is 10.00. The summed E-state index contributed by atoms with van der Waals surface area (Å²) >= 11 is 0. The molecule has 0 rings (SSSR count). The highest BCUT2D eigenvalue weighted by Crippen LogP contribution is 1.93. The second-order valence-electron chi connectivity index (χ2n) is 1.96. The molecule has 0 saturated carbocycles. The van der Waals surface area contributed by atoms with Crippen LogP contribution in [0, 0.1) is 0 Å². The standard InChI is InChI=1S/C5H12O4S/c1-9-4-2-3-5-10(6,7)8/h2-5H2,1H3,(H,6,7,8)/p-1. The molecule has 5 heteroatoms. The molecule has 0 saturated heterocycles. The zero-order chi connectivity index (χ0) is 8.04. The Hall–Kier alpha value is -0.130. The average Bonchev–Trinajstić information content (AvgIpc) is 1.78. The van der Waals surface area contributed by atoms with Crippen LogP contribution < -0.4 is 0 Å². The summed E-state index contributed by atoms with van der Waals surface area (Å²) in [5.41, 5.74) is 0. The van der Waals surface area contributed by atoms with Crippen LogP contribution in [0.15, 0.2) is 0 Å². The van der Waals surface area contributed by atoms with Crippen molar-refractivity contribution in [2.24, 2.45) is 0 Å². The van der Waals surface area contributed by atoms with Crippen molar-refractivity contribution >= 4 is 10.1 Å². The summed E-state index contributed by atoms with van der Waals surface area (Å²) in [6.45, 7) is 0.509. The summed E-state index contributed by atoms with van der Waals surface area (Å²) in [6.07, 6.45) is 1.01. The summed E-state index contributed by atoms with van der Waals surface area (Å²) in [7, 11) is -2.48. The van der Waals surface area contributed by atoms with Gasteiger partial charge in [-0.2, -0.15) is 0 Å². The van der Waals surface area contributed by atoms with E-state index in [1.807, 2.05) is 0 Å². The largest absolute Gasteiger partial charge is 0.748 e. The van der Waals surface area contributed by atoms with Gasteiger partial charge in [0.15, 0.2) is 0 Å². The minimum atomic E-state index is -4.01. The lowest BCUT2D eigenvalue weighted by molar-refractivity contribution is 0.194. The van der Waals surface area contributed by atoms with Crippen LogP contribution in [-0.4, -0.2) is 32.4 Å². The Morgan fingerprint density at radius 3 is 2.40 bits per heavy atom. The fourth-order valence-electron chi connectivity index (χ4n) is 0.525. The van der Waals surface area contributed by atoms with E-state index in [4.69, 9.17) is 0 Å². The molecule has 0 heterocycles. The maximum atomic E-state index is 10.00. The first-order valence-corrected chi connectivity index (χ1v) is 4.56. The lowest BCUT2D eigenvalue weighted by Crippen LogP contribution is -2.04. The van der Waals surface area contributed by atoms with Crippen LogP contribution in [-0.2, 0) is 14.9 Å². The van der Waals surface area contributed by atoms with E-state index in [0.29, 0.717) is 19.4 Å². The Balaban J connectivity index is 3.21. The normalized spacial score (nSPS) is 11.8. The van der Waals surface area contributed by atoms with Gasteiger partial charge < -0.3 is 9.29 Å². The second kappa shape index (κ2) is 4.65. The topological polar surface area (TPSA) is 66.4 Å². The van der Waals surface area contributed by atoms with Crippen LogP contribution >= 0.6 is 0 Å². The van der Waals surface area contributed by atoms with Crippen LogP contribution in [0.3, 0.4) is 0 Å². The third-order valence-electron chi connectivity index (χ3n) is 0.993. The molecule has 0 unspecified atom stereocenters. The Morgan fingerprint density at radius 1 is 1.40 bits per heavy atom. The molecular formula is C5H11O4S-. The van der Waals surface area contributed by atoms with Crippen molar-refractivity contribution < 1.29 is 17.7 Å². The number of unbranched alkanes of at least 4 members (excludes halogenated alkanes) is 1. The maximum Gasteiger partial charge on any atom is 0.0945 e. The van der Waals surface area contributed by atoms with E-state index in [1.54, 1.807) is 0 Å². The third kappa shape index (κ3) is 7.87. The quantitative estimate of drug-likeness (QED) is 0.425. The highest BCUT2D eigenvalue weighted by Gasteiger charge is 1.93. The van der Waals surface area contributed by atoms with Crippen molar-refractivity contribution in [2.75, 3.05) is 19.5 Å². The SMILES string of the molecule is COCCCCS(=O)(=O)[O-]. The molecule has 62 valence electrons. The highest BCUT2D eigenvalue weighted by atomic mass is 32.2. The lowest BCUT2D eigenvalue weighted by atomic mass is 10.4. The van der Waals surface area contributed by atoms with Crippen molar-refractivity contribution in [3.63, 3.8) is 0 Å². The number of ether oxygens (including phenoxy) is 1. The molecule has 0 amide bonds. The van der Waals surface area contributed by atoms with E-state index in [1.165, 1.54) is 7.11 Å². The Labute approximate surface area is 60.9 Å². The van der Waals surface area contributed by atoms with Crippen molar-refractivity contribution in [1.29, 1.82) is 0 Å². The van der Waals surface area contributed by atoms with Crippen molar-refractivity contribution in [3.8, 4) is 0 Å². The monoisotopic (exact) mass is 167 g/mol. The first-order chi connectivity index (χ1) is 4.56. The number of rotatable bonds is 5. The van der Waals surface area contributed by atoms with Crippen molar-refractivity contribution in [1.82, 2.24) is 0 Å². The fourth-order valence-corrected chi connectivity index (χ4v) is 1.08. The summed E-state index contributed by atoms with van der Waals surface area (Å²) in [5, 5.41) is 0. The van der Waals surface area contributed by atoms with Crippen LogP contribution in [0.4, 0.5) is 0 Å². The van der Waals surface area contributed by atoms with Crippen molar-refractivity contribution in [3.05, 3.63) is 0 Å². The highest BCUT2D eigenvalue weighted by molar-refractivity contribution is 7.85. The molecule has 0 aliphatic rings. The lowest BCUT2D eigenvalue weighted by Gasteiger charge is -2.04. The van der Waals surface area contributed by atoms with Gasteiger partial charge in [0, 0.05) is 19.5 Å². The number of hydrogen-bond donors (Lipinski definition) is 0. The predicted octanol–water partition coefficient (Wildman–Crippen LogP) is -0.0418. The van der Waals surface area contributed by atoms with Crippen LogP contribution in [0.25, 0.3) is 0 Å². The molecule has 0 fully saturated rings. The van der Waals surface area contributed by atoms with Crippen molar-refractivity contribution in [2.45, 2.75) is 12.8 Å². The van der Waals surface area contributed by atoms with Gasteiger partial charge in [-0.3, -0.25) is 0 Å². The van der Waals surface area contributed by atoms with Gasteiger partial charge in [-0.25, -0.2) is 8.42 Å². The zero-order valence-electron chi connectivity index (χ0n) is 5.87. The number of hydrogen-bond acceptors (Lipinski definition) is 4. The van der Waals surface area contributed by atoms with Gasteiger partial charge in [0.2, 0.25) is 0 Å². The van der Waals surface area contributed by atoms with Gasteiger partial charge in [0.25, 0.3) is 0 Å². The molecule has 0 N–H and O–H groups in total. The van der Waals surface area contributed by atoms with Gasteiger partial charge in [0.1, 0.15) is 0 Å². The molecular weight excluding hydrogens is 156 g/mol. The molecule has 0 spiro atoms. The van der Waals surface area contributed by atoms with Gasteiger partial charge in [-0.05, 0) is 12.8 Å². The van der Waals surface area contributed by atoms with Gasteiger partial charge in [0.05, 0.1) is 10.1 Å². The molecule has 0 aromatic heterocycles. The van der Waals surface area contributed by atoms with E-state index in [0.717, 1.165) is 0 Å². The molecule has 0 atom stereocenters. The minimum Gasteiger partial charge on any atom is -0.748 e. The first-order valence-electron chi connectivity index (χ1n) is 2.99. The molecule has 0 bridgehead atoms. The molecule has 0 aromatic rings. The Bertz CT molecular complexity index is 160. The number of methoxy groups -OCH3 is 1. The summed E-state index contributed by atoms with van der Waals surface area (Å²) in [6, 6.07) is 0. The van der Waals surface area contributed by atoms with E-state index in [2.05, 4.69) is 4.74 Å². The first kappa shape index (κ1) is 9.87. The Kier molecular flexibility index (Phi) is 4.59. The fraction of sp³-hybridized carbons (Fsp3) is 1.00. The Morgan fingerprint density at radius 2 is 2.00 bits per heavy atom. The molecule has 10 heavy (non-hydrogen) atoms. The van der Waals surface area contributed by atoms with Gasteiger partial charge >= 0.3 is 0 Å². The van der Waals surface area contributed by atoms with Crippen LogP contribution in [0.5, 0.6) is 0 Å².